The molecule has 1 N–H and O–H groups in total. The van der Waals surface area contributed by atoms with Crippen LogP contribution in [0.2, 0.25) is 0 Å². The fraction of sp³-hybridized carbons (Fsp3) is 0.0556. The van der Waals surface area contributed by atoms with Gasteiger partial charge in [0, 0.05) is 6.42 Å². The number of nitrogens with one attached hydrogen (secondary N) is 1. The number of aromatic nitrogens is 4. The van der Waals surface area contributed by atoms with Crippen LogP contribution in [0.25, 0.3) is 16.7 Å². The molecule has 0 bridgehead atoms. The molecule has 2 heterocycles. The van der Waals surface area contributed by atoms with Crippen molar-refractivity contribution >= 4 is 23.3 Å². The van der Waals surface area contributed by atoms with Gasteiger partial charge in [0.25, 0.3) is 0 Å². The van der Waals surface area contributed by atoms with Crippen LogP contribution >= 0.6 is 12.2 Å². The average Bonchev–Trinajstić information content (AvgIpc) is 3.01. The number of H-pyrrole nitrogens is 1. The molecule has 2 aromatic carbocycles. The molecule has 4 rings (SSSR count). The first-order valence-corrected chi connectivity index (χ1v) is 7.78. The molecule has 0 aliphatic rings. The number of aromatic amines is 1. The van der Waals surface area contributed by atoms with Gasteiger partial charge in [-0.05, 0) is 17.7 Å². The standard InChI is InChI=1S/C18H14N4S/c23-18-15-12-19-22(14-9-5-2-6-10-14)17(15)20-16(21-18)11-13-7-3-1-4-8-13/h1-10,12H,11H2,(H,20,21,23). The second-order valence-electron chi connectivity index (χ2n) is 5.31. The summed E-state index contributed by atoms with van der Waals surface area (Å²) in [4.78, 5) is 7.90. The molecule has 5 heteroatoms. The number of hydrogen-bond donors (Lipinski definition) is 1. The van der Waals surface area contributed by atoms with Crippen LogP contribution in [0.15, 0.2) is 66.9 Å². The van der Waals surface area contributed by atoms with E-state index in [0.29, 0.717) is 11.1 Å². The Balaban J connectivity index is 1.84. The van der Waals surface area contributed by atoms with Crippen LogP contribution in [-0.2, 0) is 6.42 Å². The minimum atomic E-state index is 0.576. The number of benzene rings is 2. The summed E-state index contributed by atoms with van der Waals surface area (Å²) < 4.78 is 2.44. The number of nitrogens with zero attached hydrogens (tertiary/aromatic N) is 3. The summed E-state index contributed by atoms with van der Waals surface area (Å²) in [5.74, 6) is 0.839. The lowest BCUT2D eigenvalue weighted by atomic mass is 10.1. The van der Waals surface area contributed by atoms with Gasteiger partial charge in [0.05, 0.1) is 17.3 Å². The zero-order valence-electron chi connectivity index (χ0n) is 12.3. The van der Waals surface area contributed by atoms with Crippen molar-refractivity contribution in [2.75, 3.05) is 0 Å². The number of hydrogen-bond acceptors (Lipinski definition) is 3. The minimum Gasteiger partial charge on any atom is -0.327 e. The SMILES string of the molecule is S=c1nc(Cc2ccccc2)[nH]c2c1cnn2-c1ccccc1. The summed E-state index contributed by atoms with van der Waals surface area (Å²) in [6.07, 6.45) is 2.47. The van der Waals surface area contributed by atoms with E-state index in [1.54, 1.807) is 6.20 Å². The molecule has 2 aromatic heterocycles. The fourth-order valence-electron chi connectivity index (χ4n) is 2.61. The van der Waals surface area contributed by atoms with Crippen molar-refractivity contribution in [2.45, 2.75) is 6.42 Å². The Kier molecular flexibility index (Phi) is 3.48. The number of para-hydroxylation sites is 1. The minimum absolute atomic E-state index is 0.576. The molecule has 0 unspecified atom stereocenters. The Bertz CT molecular complexity index is 1000. The van der Waals surface area contributed by atoms with E-state index in [0.717, 1.165) is 22.5 Å². The Morgan fingerprint density at radius 3 is 2.39 bits per heavy atom. The maximum atomic E-state index is 5.44. The van der Waals surface area contributed by atoms with E-state index in [2.05, 4.69) is 27.2 Å². The average molecular weight is 318 g/mol. The third-order valence-electron chi connectivity index (χ3n) is 3.71. The molecule has 0 amide bonds. The van der Waals surface area contributed by atoms with Gasteiger partial charge in [-0.25, -0.2) is 9.67 Å². The summed E-state index contributed by atoms with van der Waals surface area (Å²) >= 11 is 5.44. The Labute approximate surface area is 138 Å². The molecule has 0 fully saturated rings. The Hall–Kier alpha value is -2.79. The van der Waals surface area contributed by atoms with E-state index in [4.69, 9.17) is 12.2 Å². The monoisotopic (exact) mass is 318 g/mol. The maximum absolute atomic E-state index is 5.44. The highest BCUT2D eigenvalue weighted by atomic mass is 32.1. The third kappa shape index (κ3) is 2.66. The van der Waals surface area contributed by atoms with Crippen molar-refractivity contribution in [3.05, 3.63) is 82.9 Å². The number of rotatable bonds is 3. The molecular weight excluding hydrogens is 304 g/mol. The first-order valence-electron chi connectivity index (χ1n) is 7.37. The Morgan fingerprint density at radius 1 is 0.957 bits per heavy atom. The predicted molar refractivity (Wildman–Crippen MR) is 93.3 cm³/mol. The van der Waals surface area contributed by atoms with Crippen molar-refractivity contribution in [2.24, 2.45) is 0 Å². The molecule has 0 aliphatic carbocycles. The van der Waals surface area contributed by atoms with Gasteiger partial charge < -0.3 is 4.98 Å². The summed E-state index contributed by atoms with van der Waals surface area (Å²) in [6, 6.07) is 20.2. The molecule has 0 radical (unpaired) electrons. The van der Waals surface area contributed by atoms with Crippen LogP contribution < -0.4 is 0 Å². The molecule has 23 heavy (non-hydrogen) atoms. The first kappa shape index (κ1) is 13.8. The van der Waals surface area contributed by atoms with Gasteiger partial charge in [-0.3, -0.25) is 0 Å². The zero-order valence-corrected chi connectivity index (χ0v) is 13.1. The summed E-state index contributed by atoms with van der Waals surface area (Å²) in [5.41, 5.74) is 3.06. The van der Waals surface area contributed by atoms with Crippen molar-refractivity contribution in [3.63, 3.8) is 0 Å². The van der Waals surface area contributed by atoms with E-state index >= 15 is 0 Å². The maximum Gasteiger partial charge on any atom is 0.145 e. The van der Waals surface area contributed by atoms with Crippen LogP contribution in [0.5, 0.6) is 0 Å². The number of fused-ring (bicyclic) bond motifs is 1. The predicted octanol–water partition coefficient (Wildman–Crippen LogP) is 4.07. The smallest absolute Gasteiger partial charge is 0.145 e. The largest absolute Gasteiger partial charge is 0.327 e. The van der Waals surface area contributed by atoms with Crippen LogP contribution in [0, 0.1) is 4.64 Å². The van der Waals surface area contributed by atoms with E-state index in [-0.39, 0.29) is 0 Å². The molecular formula is C18H14N4S. The highest BCUT2D eigenvalue weighted by molar-refractivity contribution is 7.71. The van der Waals surface area contributed by atoms with E-state index in [1.165, 1.54) is 5.56 Å². The molecule has 112 valence electrons. The van der Waals surface area contributed by atoms with Crippen molar-refractivity contribution in [1.82, 2.24) is 19.7 Å². The second kappa shape index (κ2) is 5.78. The zero-order chi connectivity index (χ0) is 15.6. The highest BCUT2D eigenvalue weighted by Gasteiger charge is 2.09. The third-order valence-corrected chi connectivity index (χ3v) is 4.03. The quantitative estimate of drug-likeness (QED) is 0.579. The van der Waals surface area contributed by atoms with Gasteiger partial charge in [-0.2, -0.15) is 5.10 Å². The molecule has 0 spiro atoms. The van der Waals surface area contributed by atoms with Crippen molar-refractivity contribution in [3.8, 4) is 5.69 Å². The lowest BCUT2D eigenvalue weighted by Crippen LogP contribution is -2.02. The normalized spacial score (nSPS) is 11.0. The Morgan fingerprint density at radius 2 is 1.65 bits per heavy atom. The van der Waals surface area contributed by atoms with E-state index < -0.39 is 0 Å². The second-order valence-corrected chi connectivity index (χ2v) is 5.69. The molecule has 4 nitrogen and oxygen atoms in total. The van der Waals surface area contributed by atoms with Gasteiger partial charge in [0.15, 0.2) is 0 Å². The van der Waals surface area contributed by atoms with Gasteiger partial charge >= 0.3 is 0 Å². The summed E-state index contributed by atoms with van der Waals surface area (Å²) in [6.45, 7) is 0. The first-order chi connectivity index (χ1) is 11.3. The highest BCUT2D eigenvalue weighted by Crippen LogP contribution is 2.18. The van der Waals surface area contributed by atoms with Crippen molar-refractivity contribution < 1.29 is 0 Å². The lowest BCUT2D eigenvalue weighted by molar-refractivity contribution is 0.881. The summed E-state index contributed by atoms with van der Waals surface area (Å²) in [7, 11) is 0. The topological polar surface area (TPSA) is 46.5 Å². The van der Waals surface area contributed by atoms with Crippen LogP contribution in [0.1, 0.15) is 11.4 Å². The fourth-order valence-corrected chi connectivity index (χ4v) is 2.87. The van der Waals surface area contributed by atoms with Gasteiger partial charge in [-0.1, -0.05) is 60.7 Å². The molecule has 0 saturated carbocycles. The van der Waals surface area contributed by atoms with Crippen LogP contribution in [0.4, 0.5) is 0 Å². The van der Waals surface area contributed by atoms with E-state index in [1.807, 2.05) is 53.2 Å². The summed E-state index contributed by atoms with van der Waals surface area (Å²) in [5, 5.41) is 5.32. The molecule has 0 aliphatic heterocycles. The molecule has 4 aromatic rings. The molecule has 0 saturated heterocycles. The van der Waals surface area contributed by atoms with E-state index in [9.17, 15) is 0 Å². The lowest BCUT2D eigenvalue weighted by Gasteiger charge is -2.06. The van der Waals surface area contributed by atoms with Crippen LogP contribution in [-0.4, -0.2) is 19.7 Å². The molecule has 0 atom stereocenters. The van der Waals surface area contributed by atoms with Gasteiger partial charge in [0.2, 0.25) is 0 Å². The van der Waals surface area contributed by atoms with Crippen molar-refractivity contribution in [1.29, 1.82) is 0 Å². The van der Waals surface area contributed by atoms with Crippen LogP contribution in [0.3, 0.4) is 0 Å². The van der Waals surface area contributed by atoms with Gasteiger partial charge in [-0.15, -0.1) is 0 Å². The van der Waals surface area contributed by atoms with Gasteiger partial charge in [0.1, 0.15) is 16.1 Å².